The van der Waals surface area contributed by atoms with Gasteiger partial charge in [0.15, 0.2) is 0 Å². The van der Waals surface area contributed by atoms with E-state index in [4.69, 9.17) is 0 Å². The molecule has 0 aromatic carbocycles. The Kier molecular flexibility index (Phi) is 7.79. The van der Waals surface area contributed by atoms with Gasteiger partial charge in [0.25, 0.3) is 0 Å². The molecule has 0 unspecified atom stereocenters. The van der Waals surface area contributed by atoms with E-state index in [1.54, 1.807) is 0 Å². The van der Waals surface area contributed by atoms with Crippen molar-refractivity contribution in [1.29, 1.82) is 0 Å². The smallest absolute Gasteiger partial charge is 0.109 e. The van der Waals surface area contributed by atoms with E-state index in [0.717, 1.165) is 0 Å². The number of rotatable bonds is 0. The molecule has 0 amide bonds. The first-order valence-electron chi connectivity index (χ1n) is 6.93. The van der Waals surface area contributed by atoms with Crippen molar-refractivity contribution in [3.05, 3.63) is 0 Å². The standard InChI is InChI=1S/C12H24O9S/c13-5-1-6(14)10(18)8(16)3-22(21)4-9(17)12(20)11(19)7(15)2-5/h5-20H,1-4H2/t5-,6+,7+,8+,9+,10+,11+,12+,22+/m0/s1. The topological polar surface area (TPSA) is 179 Å². The molecule has 0 aromatic heterocycles. The summed E-state index contributed by atoms with van der Waals surface area (Å²) in [6.07, 6.45) is -13.7. The summed E-state index contributed by atoms with van der Waals surface area (Å²) in [7, 11) is -1.84. The minimum Gasteiger partial charge on any atom is -0.393 e. The average molecular weight is 344 g/mol. The summed E-state index contributed by atoms with van der Waals surface area (Å²) in [4.78, 5) is 0. The first-order chi connectivity index (χ1) is 10.1. The molecular formula is C12H24O9S. The Morgan fingerprint density at radius 2 is 0.955 bits per heavy atom. The molecule has 9 nitrogen and oxygen atoms in total. The second-order valence-electron chi connectivity index (χ2n) is 5.64. The van der Waals surface area contributed by atoms with Crippen LogP contribution in [0.3, 0.4) is 0 Å². The maximum atomic E-state index is 11.7. The Hall–Kier alpha value is -0.170. The third kappa shape index (κ3) is 5.48. The van der Waals surface area contributed by atoms with Gasteiger partial charge in [0.1, 0.15) is 18.3 Å². The summed E-state index contributed by atoms with van der Waals surface area (Å²) in [5, 5.41) is 77.6. The average Bonchev–Trinajstić information content (AvgIpc) is 2.43. The van der Waals surface area contributed by atoms with E-state index in [9.17, 15) is 45.1 Å². The van der Waals surface area contributed by atoms with Gasteiger partial charge in [-0.15, -0.1) is 0 Å². The lowest BCUT2D eigenvalue weighted by atomic mass is 9.95. The highest BCUT2D eigenvalue weighted by molar-refractivity contribution is 7.85. The first kappa shape index (κ1) is 19.9. The van der Waals surface area contributed by atoms with Gasteiger partial charge in [-0.3, -0.25) is 4.21 Å². The van der Waals surface area contributed by atoms with Gasteiger partial charge in [0, 0.05) is 23.6 Å². The van der Waals surface area contributed by atoms with Crippen molar-refractivity contribution in [1.82, 2.24) is 0 Å². The molecule has 1 aliphatic rings. The Balaban J connectivity index is 2.92. The van der Waals surface area contributed by atoms with Crippen LogP contribution in [0.25, 0.3) is 0 Å². The first-order valence-corrected chi connectivity index (χ1v) is 8.41. The molecule has 22 heavy (non-hydrogen) atoms. The van der Waals surface area contributed by atoms with Gasteiger partial charge in [0.2, 0.25) is 0 Å². The lowest BCUT2D eigenvalue weighted by Gasteiger charge is -2.27. The van der Waals surface area contributed by atoms with Gasteiger partial charge in [-0.05, 0) is 0 Å². The van der Waals surface area contributed by atoms with E-state index in [-0.39, 0.29) is 0 Å². The van der Waals surface area contributed by atoms with Crippen LogP contribution in [0.1, 0.15) is 12.8 Å². The van der Waals surface area contributed by atoms with Crippen molar-refractivity contribution < 1.29 is 45.1 Å². The van der Waals surface area contributed by atoms with Crippen LogP contribution in [0.2, 0.25) is 0 Å². The largest absolute Gasteiger partial charge is 0.393 e. The molecule has 132 valence electrons. The fourth-order valence-electron chi connectivity index (χ4n) is 2.29. The number of aliphatic hydroxyl groups is 8. The minimum atomic E-state index is -1.84. The molecule has 0 bridgehead atoms. The molecule has 1 aliphatic heterocycles. The zero-order valence-corrected chi connectivity index (χ0v) is 12.7. The maximum Gasteiger partial charge on any atom is 0.109 e. The highest BCUT2D eigenvalue weighted by Crippen LogP contribution is 2.17. The van der Waals surface area contributed by atoms with Crippen molar-refractivity contribution in [3.8, 4) is 0 Å². The lowest BCUT2D eigenvalue weighted by molar-refractivity contribution is -0.112. The van der Waals surface area contributed by atoms with E-state index in [0.29, 0.717) is 0 Å². The Labute approximate surface area is 129 Å². The van der Waals surface area contributed by atoms with Gasteiger partial charge < -0.3 is 40.9 Å². The van der Waals surface area contributed by atoms with Crippen LogP contribution in [0.5, 0.6) is 0 Å². The van der Waals surface area contributed by atoms with Gasteiger partial charge in [-0.1, -0.05) is 0 Å². The fraction of sp³-hybridized carbons (Fsp3) is 1.00. The van der Waals surface area contributed by atoms with Gasteiger partial charge in [-0.2, -0.15) is 0 Å². The van der Waals surface area contributed by atoms with Crippen LogP contribution in [0.4, 0.5) is 0 Å². The second-order valence-corrected chi connectivity index (χ2v) is 7.19. The highest BCUT2D eigenvalue weighted by atomic mass is 32.2. The number of aliphatic hydroxyl groups excluding tert-OH is 8. The molecular weight excluding hydrogens is 320 g/mol. The minimum absolute atomic E-state index is 0.396. The van der Waals surface area contributed by atoms with E-state index in [2.05, 4.69) is 0 Å². The van der Waals surface area contributed by atoms with Crippen LogP contribution in [0.15, 0.2) is 0 Å². The zero-order valence-electron chi connectivity index (χ0n) is 11.8. The molecule has 1 heterocycles. The zero-order chi connectivity index (χ0) is 17.0. The summed E-state index contributed by atoms with van der Waals surface area (Å²) in [6.45, 7) is 0. The molecule has 0 spiro atoms. The molecule has 0 aromatic rings. The third-order valence-electron chi connectivity index (χ3n) is 3.67. The monoisotopic (exact) mass is 344 g/mol. The van der Waals surface area contributed by atoms with Gasteiger partial charge in [0.05, 0.1) is 42.0 Å². The Morgan fingerprint density at radius 1 is 0.591 bits per heavy atom. The quantitative estimate of drug-likeness (QED) is 0.215. The number of hydrogen-bond acceptors (Lipinski definition) is 9. The van der Waals surface area contributed by atoms with Crippen molar-refractivity contribution in [2.24, 2.45) is 0 Å². The van der Waals surface area contributed by atoms with E-state index in [1.165, 1.54) is 0 Å². The molecule has 1 saturated heterocycles. The molecule has 0 aliphatic carbocycles. The van der Waals surface area contributed by atoms with E-state index >= 15 is 0 Å². The van der Waals surface area contributed by atoms with Gasteiger partial charge in [-0.25, -0.2) is 0 Å². The lowest BCUT2D eigenvalue weighted by Crippen LogP contribution is -2.47. The number of hydrogen-bond donors (Lipinski definition) is 8. The van der Waals surface area contributed by atoms with E-state index in [1.807, 2.05) is 0 Å². The van der Waals surface area contributed by atoms with E-state index < -0.39 is 84.0 Å². The predicted octanol–water partition coefficient (Wildman–Crippen LogP) is -4.58. The maximum absolute atomic E-state index is 11.7. The van der Waals surface area contributed by atoms with Crippen molar-refractivity contribution in [2.45, 2.75) is 61.7 Å². The summed E-state index contributed by atoms with van der Waals surface area (Å²) in [6, 6.07) is 0. The van der Waals surface area contributed by atoms with Crippen molar-refractivity contribution in [3.63, 3.8) is 0 Å². The predicted molar refractivity (Wildman–Crippen MR) is 75.2 cm³/mol. The van der Waals surface area contributed by atoms with Crippen molar-refractivity contribution in [2.75, 3.05) is 11.5 Å². The van der Waals surface area contributed by atoms with Crippen LogP contribution in [-0.4, -0.2) is 105 Å². The molecule has 0 saturated carbocycles. The summed E-state index contributed by atoms with van der Waals surface area (Å²) in [5.41, 5.74) is 0. The second kappa shape index (κ2) is 8.62. The third-order valence-corrected chi connectivity index (χ3v) is 5.09. The molecule has 8 N–H and O–H groups in total. The molecule has 0 radical (unpaired) electrons. The normalized spacial score (nSPS) is 49.7. The van der Waals surface area contributed by atoms with Crippen molar-refractivity contribution >= 4 is 10.8 Å². The van der Waals surface area contributed by atoms with Crippen LogP contribution < -0.4 is 0 Å². The Morgan fingerprint density at radius 3 is 1.45 bits per heavy atom. The Bertz CT molecular complexity index is 369. The summed E-state index contributed by atoms with van der Waals surface area (Å²) < 4.78 is 11.7. The van der Waals surface area contributed by atoms with Crippen LogP contribution in [-0.2, 0) is 10.8 Å². The summed E-state index contributed by atoms with van der Waals surface area (Å²) >= 11 is 0. The molecule has 10 heteroatoms. The van der Waals surface area contributed by atoms with Gasteiger partial charge >= 0.3 is 0 Å². The highest BCUT2D eigenvalue weighted by Gasteiger charge is 2.35. The fourth-order valence-corrected chi connectivity index (χ4v) is 3.58. The molecule has 1 fully saturated rings. The van der Waals surface area contributed by atoms with Crippen LogP contribution >= 0.6 is 0 Å². The SMILES string of the molecule is O=[S@@]1C[C@@H](O)[C@H](O)[C@H](O)C[C@H](O)C[C@@H](O)[C@@H](O)[C@H](O)[C@H](O)C1. The molecule has 9 atom stereocenters. The summed E-state index contributed by atoms with van der Waals surface area (Å²) in [5.74, 6) is -0.954. The van der Waals surface area contributed by atoms with Crippen LogP contribution in [0, 0.1) is 0 Å². The molecule has 1 rings (SSSR count).